The molecule has 0 aromatic heterocycles. The minimum Gasteiger partial charge on any atom is -0.490 e. The highest BCUT2D eigenvalue weighted by molar-refractivity contribution is 6.27. The van der Waals surface area contributed by atoms with Crippen LogP contribution in [-0.2, 0) is 4.79 Å². The Kier molecular flexibility index (Phi) is 17.5. The first-order chi connectivity index (χ1) is 25.4. The topological polar surface area (TPSA) is 72.5 Å². The molecule has 0 aliphatic rings. The summed E-state index contributed by atoms with van der Waals surface area (Å²) in [4.78, 5) is 12.4. The number of hydrogen-bond acceptors (Lipinski definition) is 7. The van der Waals surface area contributed by atoms with Gasteiger partial charge in [-0.25, -0.2) is 0 Å². The molecular weight excluding hydrogens is 652 g/mol. The average Bonchev–Trinajstić information content (AvgIpc) is 3.14. The van der Waals surface area contributed by atoms with Gasteiger partial charge in [-0.3, -0.25) is 4.79 Å². The van der Waals surface area contributed by atoms with Crippen molar-refractivity contribution in [1.29, 1.82) is 0 Å². The largest absolute Gasteiger partial charge is 0.490 e. The van der Waals surface area contributed by atoms with Crippen LogP contribution in [0.25, 0.3) is 32.3 Å². The molecule has 7 nitrogen and oxygen atoms in total. The van der Waals surface area contributed by atoms with Crippen LogP contribution in [0.1, 0.15) is 138 Å². The molecule has 0 saturated carbocycles. The monoisotopic (exact) mass is 716 g/mol. The zero-order chi connectivity index (χ0) is 37.1. The molecule has 0 atom stereocenters. The lowest BCUT2D eigenvalue weighted by Crippen LogP contribution is -2.06. The van der Waals surface area contributed by atoms with E-state index in [9.17, 15) is 4.79 Å². The lowest BCUT2D eigenvalue weighted by Gasteiger charge is -2.20. The number of unbranched alkanes of at least 4 members (excludes halogenated alkanes) is 10. The van der Waals surface area contributed by atoms with Crippen molar-refractivity contribution in [2.45, 2.75) is 138 Å². The summed E-state index contributed by atoms with van der Waals surface area (Å²) in [6.45, 7) is 15.4. The van der Waals surface area contributed by atoms with E-state index in [1.54, 1.807) is 0 Å². The molecule has 0 radical (unpaired) electrons. The van der Waals surface area contributed by atoms with Crippen LogP contribution >= 0.6 is 0 Å². The van der Waals surface area contributed by atoms with E-state index in [1.807, 2.05) is 12.1 Å². The van der Waals surface area contributed by atoms with E-state index >= 15 is 0 Å². The molecule has 4 aromatic rings. The Labute approximate surface area is 312 Å². The number of carbonyl (C=O) groups excluding carboxylic acids is 1. The summed E-state index contributed by atoms with van der Waals surface area (Å²) in [5, 5.41) is 5.94. The molecule has 52 heavy (non-hydrogen) atoms. The predicted octanol–water partition coefficient (Wildman–Crippen LogP) is 12.9. The highest BCUT2D eigenvalue weighted by atomic mass is 16.6. The Balaban J connectivity index is 2.02. The Morgan fingerprint density at radius 1 is 0.365 bits per heavy atom. The number of fused-ring (bicyclic) bond motifs is 6. The molecule has 4 aromatic carbocycles. The number of hydrogen-bond donors (Lipinski definition) is 0. The molecule has 286 valence electrons. The van der Waals surface area contributed by atoms with Crippen molar-refractivity contribution in [3.05, 3.63) is 36.4 Å². The standard InChI is InChI=1S/C45H64O7/c1-7-12-17-22-47-40-27-34-35-28-41(48-23-18-13-8-2)43(50-25-20-15-10-4)30-37(35)39-32-45(52-33(6)46)44(51-26-21-16-11-5)31-38(39)36(34)29-42(40)49-24-19-14-9-3/h27-32H,7-26H2,1-6H3. The van der Waals surface area contributed by atoms with Gasteiger partial charge in [0.1, 0.15) is 0 Å². The third-order valence-electron chi connectivity index (χ3n) is 9.40. The Bertz CT molecular complexity index is 1650. The van der Waals surface area contributed by atoms with Crippen LogP contribution in [0.5, 0.6) is 34.5 Å². The van der Waals surface area contributed by atoms with Gasteiger partial charge in [0.2, 0.25) is 0 Å². The molecule has 0 fully saturated rings. The number of esters is 1. The van der Waals surface area contributed by atoms with Crippen LogP contribution in [0.15, 0.2) is 36.4 Å². The van der Waals surface area contributed by atoms with Gasteiger partial charge in [-0.1, -0.05) is 98.8 Å². The van der Waals surface area contributed by atoms with E-state index in [-0.39, 0.29) is 0 Å². The predicted molar refractivity (Wildman–Crippen MR) is 215 cm³/mol. The van der Waals surface area contributed by atoms with E-state index in [0.717, 1.165) is 152 Å². The van der Waals surface area contributed by atoms with E-state index in [2.05, 4.69) is 58.9 Å². The minimum absolute atomic E-state index is 0.391. The molecule has 0 amide bonds. The van der Waals surface area contributed by atoms with Crippen LogP contribution in [0, 0.1) is 0 Å². The quantitative estimate of drug-likeness (QED) is 0.0277. The van der Waals surface area contributed by atoms with Gasteiger partial charge in [-0.15, -0.1) is 0 Å². The third kappa shape index (κ3) is 11.6. The fraction of sp³-hybridized carbons (Fsp3) is 0.578. The smallest absolute Gasteiger partial charge is 0.308 e. The maximum Gasteiger partial charge on any atom is 0.308 e. The molecule has 4 rings (SSSR count). The summed E-state index contributed by atoms with van der Waals surface area (Å²) in [5.41, 5.74) is 0. The van der Waals surface area contributed by atoms with Crippen molar-refractivity contribution in [2.75, 3.05) is 33.0 Å². The summed E-state index contributed by atoms with van der Waals surface area (Å²) in [6, 6.07) is 12.5. The maximum absolute atomic E-state index is 12.4. The van der Waals surface area contributed by atoms with Crippen molar-refractivity contribution in [3.8, 4) is 34.5 Å². The van der Waals surface area contributed by atoms with Gasteiger partial charge < -0.3 is 28.4 Å². The van der Waals surface area contributed by atoms with Crippen LogP contribution in [0.3, 0.4) is 0 Å². The number of benzene rings is 4. The number of rotatable bonds is 26. The van der Waals surface area contributed by atoms with Gasteiger partial charge in [-0.05, 0) is 101 Å². The van der Waals surface area contributed by atoms with Gasteiger partial charge in [0, 0.05) is 6.92 Å². The Morgan fingerprint density at radius 3 is 0.788 bits per heavy atom. The first-order valence-corrected chi connectivity index (χ1v) is 20.3. The molecule has 0 unspecified atom stereocenters. The zero-order valence-corrected chi connectivity index (χ0v) is 33.0. The van der Waals surface area contributed by atoms with E-state index in [1.165, 1.54) is 6.92 Å². The SMILES string of the molecule is CCCCCOc1cc2c3cc(OCCCCC)c(OCCCCC)cc3c3cc(OC(C)=O)c(OCCCCC)cc3c2cc1OCCCCC. The molecule has 0 heterocycles. The van der Waals surface area contributed by atoms with Crippen LogP contribution in [-0.4, -0.2) is 39.0 Å². The third-order valence-corrected chi connectivity index (χ3v) is 9.40. The molecular formula is C45H64O7. The van der Waals surface area contributed by atoms with Crippen molar-refractivity contribution < 1.29 is 33.2 Å². The molecule has 7 heteroatoms. The Morgan fingerprint density at radius 2 is 0.577 bits per heavy atom. The van der Waals surface area contributed by atoms with Gasteiger partial charge in [0.25, 0.3) is 0 Å². The fourth-order valence-electron chi connectivity index (χ4n) is 6.49. The van der Waals surface area contributed by atoms with Gasteiger partial charge >= 0.3 is 5.97 Å². The minimum atomic E-state index is -0.391. The average molecular weight is 717 g/mol. The van der Waals surface area contributed by atoms with Gasteiger partial charge in [-0.2, -0.15) is 0 Å². The van der Waals surface area contributed by atoms with Crippen molar-refractivity contribution in [1.82, 2.24) is 0 Å². The summed E-state index contributed by atoms with van der Waals surface area (Å²) in [5.74, 6) is 3.52. The first-order valence-electron chi connectivity index (χ1n) is 20.3. The highest BCUT2D eigenvalue weighted by Gasteiger charge is 2.21. The van der Waals surface area contributed by atoms with Crippen molar-refractivity contribution in [3.63, 3.8) is 0 Å². The number of carbonyl (C=O) groups is 1. The molecule has 0 aliphatic heterocycles. The fourth-order valence-corrected chi connectivity index (χ4v) is 6.49. The summed E-state index contributed by atoms with van der Waals surface area (Å²) >= 11 is 0. The van der Waals surface area contributed by atoms with Crippen LogP contribution in [0.2, 0.25) is 0 Å². The summed E-state index contributed by atoms with van der Waals surface area (Å²) in [6.07, 6.45) is 15.9. The second-order valence-electron chi connectivity index (χ2n) is 13.9. The van der Waals surface area contributed by atoms with Crippen molar-refractivity contribution in [2.24, 2.45) is 0 Å². The van der Waals surface area contributed by atoms with Crippen LogP contribution < -0.4 is 28.4 Å². The van der Waals surface area contributed by atoms with Crippen molar-refractivity contribution >= 4 is 38.3 Å². The second kappa shape index (κ2) is 22.3. The summed E-state index contributed by atoms with van der Waals surface area (Å²) < 4.78 is 38.1. The first kappa shape index (κ1) is 40.9. The normalized spacial score (nSPS) is 11.3. The summed E-state index contributed by atoms with van der Waals surface area (Å²) in [7, 11) is 0. The lowest BCUT2D eigenvalue weighted by molar-refractivity contribution is -0.132. The molecule has 0 bridgehead atoms. The molecule has 0 saturated heterocycles. The number of ether oxygens (including phenoxy) is 6. The van der Waals surface area contributed by atoms with E-state index < -0.39 is 5.97 Å². The van der Waals surface area contributed by atoms with E-state index in [4.69, 9.17) is 28.4 Å². The van der Waals surface area contributed by atoms with Gasteiger partial charge in [0.05, 0.1) is 33.0 Å². The zero-order valence-electron chi connectivity index (χ0n) is 33.0. The molecule has 0 spiro atoms. The highest BCUT2D eigenvalue weighted by Crippen LogP contribution is 2.47. The Hall–Kier alpha value is -3.87. The lowest BCUT2D eigenvalue weighted by atomic mass is 9.93. The van der Waals surface area contributed by atoms with Crippen LogP contribution in [0.4, 0.5) is 0 Å². The molecule has 0 aliphatic carbocycles. The molecule has 0 N–H and O–H groups in total. The maximum atomic E-state index is 12.4. The second-order valence-corrected chi connectivity index (χ2v) is 13.9. The van der Waals surface area contributed by atoms with Gasteiger partial charge in [0.15, 0.2) is 34.5 Å². The van der Waals surface area contributed by atoms with E-state index in [0.29, 0.717) is 44.5 Å².